The molecule has 1 atom stereocenters. The van der Waals surface area contributed by atoms with Crippen LogP contribution in [0.15, 0.2) is 34.9 Å². The molecule has 112 valence electrons. The number of aliphatic hydroxyl groups excluding tert-OH is 1. The minimum absolute atomic E-state index is 0.194. The van der Waals surface area contributed by atoms with Gasteiger partial charge in [0.2, 0.25) is 11.7 Å². The summed E-state index contributed by atoms with van der Waals surface area (Å²) in [7, 11) is 0. The van der Waals surface area contributed by atoms with Crippen LogP contribution >= 0.6 is 0 Å². The second-order valence-electron chi connectivity index (χ2n) is 5.53. The fourth-order valence-electron chi connectivity index (χ4n) is 2.85. The lowest BCUT2D eigenvalue weighted by molar-refractivity contribution is 0.107. The molecule has 5 nitrogen and oxygen atoms in total. The highest BCUT2D eigenvalue weighted by atomic mass is 16.5. The number of rotatable bonds is 4. The molecule has 1 unspecified atom stereocenters. The third kappa shape index (κ3) is 3.49. The molecule has 1 aliphatic heterocycles. The minimum Gasteiger partial charge on any atom is -0.395 e. The first-order valence-corrected chi connectivity index (χ1v) is 7.60. The Kier molecular flexibility index (Phi) is 4.62. The zero-order valence-electron chi connectivity index (χ0n) is 12.1. The number of nitrogens with zero attached hydrogens (tertiary/aromatic N) is 3. The van der Waals surface area contributed by atoms with Crippen molar-refractivity contribution >= 4 is 0 Å². The van der Waals surface area contributed by atoms with Crippen LogP contribution in [0.1, 0.15) is 31.6 Å². The maximum Gasteiger partial charge on any atom is 0.241 e. The Morgan fingerprint density at radius 1 is 1.19 bits per heavy atom. The Bertz CT molecular complexity index is 556. The van der Waals surface area contributed by atoms with Crippen molar-refractivity contribution in [3.05, 3.63) is 36.2 Å². The van der Waals surface area contributed by atoms with Gasteiger partial charge in [-0.3, -0.25) is 4.90 Å². The van der Waals surface area contributed by atoms with Crippen molar-refractivity contribution in [2.75, 3.05) is 13.2 Å². The van der Waals surface area contributed by atoms with Gasteiger partial charge in [0.25, 0.3) is 0 Å². The molecule has 0 aliphatic carbocycles. The highest BCUT2D eigenvalue weighted by Crippen LogP contribution is 2.20. The van der Waals surface area contributed by atoms with E-state index in [9.17, 15) is 5.11 Å². The average molecular weight is 287 g/mol. The van der Waals surface area contributed by atoms with E-state index in [1.54, 1.807) is 0 Å². The highest BCUT2D eigenvalue weighted by molar-refractivity contribution is 5.53. The van der Waals surface area contributed by atoms with Gasteiger partial charge in [-0.25, -0.2) is 0 Å². The lowest BCUT2D eigenvalue weighted by Gasteiger charge is -2.26. The molecule has 1 fully saturated rings. The smallest absolute Gasteiger partial charge is 0.241 e. The zero-order chi connectivity index (χ0) is 14.5. The van der Waals surface area contributed by atoms with Gasteiger partial charge in [-0.1, -0.05) is 48.3 Å². The van der Waals surface area contributed by atoms with Crippen LogP contribution in [-0.4, -0.2) is 39.3 Å². The van der Waals surface area contributed by atoms with E-state index in [4.69, 9.17) is 4.52 Å². The van der Waals surface area contributed by atoms with E-state index in [0.29, 0.717) is 18.3 Å². The molecule has 21 heavy (non-hydrogen) atoms. The maximum absolute atomic E-state index is 9.54. The second kappa shape index (κ2) is 6.83. The van der Waals surface area contributed by atoms with Crippen LogP contribution in [0.4, 0.5) is 0 Å². The van der Waals surface area contributed by atoms with E-state index in [-0.39, 0.29) is 12.6 Å². The first kappa shape index (κ1) is 14.2. The molecule has 2 heterocycles. The van der Waals surface area contributed by atoms with Gasteiger partial charge in [0.15, 0.2) is 0 Å². The molecule has 0 amide bonds. The Morgan fingerprint density at radius 2 is 2.05 bits per heavy atom. The van der Waals surface area contributed by atoms with Crippen molar-refractivity contribution in [2.24, 2.45) is 0 Å². The molecule has 1 N–H and O–H groups in total. The van der Waals surface area contributed by atoms with E-state index < -0.39 is 0 Å². The summed E-state index contributed by atoms with van der Waals surface area (Å²) < 4.78 is 5.37. The fraction of sp³-hybridized carbons (Fsp3) is 0.500. The van der Waals surface area contributed by atoms with Gasteiger partial charge < -0.3 is 9.63 Å². The first-order valence-electron chi connectivity index (χ1n) is 7.60. The van der Waals surface area contributed by atoms with Crippen molar-refractivity contribution in [2.45, 2.75) is 38.3 Å². The van der Waals surface area contributed by atoms with Crippen LogP contribution in [0.5, 0.6) is 0 Å². The molecule has 2 aromatic rings. The molecule has 0 saturated carbocycles. The maximum atomic E-state index is 9.54. The van der Waals surface area contributed by atoms with E-state index in [1.165, 1.54) is 12.8 Å². The van der Waals surface area contributed by atoms with Crippen LogP contribution in [0, 0.1) is 0 Å². The van der Waals surface area contributed by atoms with Crippen molar-refractivity contribution in [3.63, 3.8) is 0 Å². The molecule has 1 aliphatic rings. The summed E-state index contributed by atoms with van der Waals surface area (Å²) >= 11 is 0. The van der Waals surface area contributed by atoms with Crippen molar-refractivity contribution < 1.29 is 9.63 Å². The summed E-state index contributed by atoms with van der Waals surface area (Å²) in [5, 5.41) is 13.6. The molecule has 3 rings (SSSR count). The number of hydrogen-bond acceptors (Lipinski definition) is 5. The summed E-state index contributed by atoms with van der Waals surface area (Å²) in [5.74, 6) is 1.25. The molecule has 1 aromatic carbocycles. The average Bonchev–Trinajstić information content (AvgIpc) is 2.88. The van der Waals surface area contributed by atoms with Gasteiger partial charge >= 0.3 is 0 Å². The van der Waals surface area contributed by atoms with Crippen LogP contribution in [0.25, 0.3) is 11.4 Å². The third-order valence-corrected chi connectivity index (χ3v) is 4.05. The molecular formula is C16H21N3O2. The molecular weight excluding hydrogens is 266 g/mol. The van der Waals surface area contributed by atoms with Gasteiger partial charge in [0.05, 0.1) is 13.2 Å². The largest absolute Gasteiger partial charge is 0.395 e. The van der Waals surface area contributed by atoms with Crippen molar-refractivity contribution in [3.8, 4) is 11.4 Å². The Balaban J connectivity index is 1.71. The van der Waals surface area contributed by atoms with Gasteiger partial charge in [0, 0.05) is 11.6 Å². The summed E-state index contributed by atoms with van der Waals surface area (Å²) in [6.45, 7) is 1.79. The summed E-state index contributed by atoms with van der Waals surface area (Å²) in [6, 6.07) is 10.0. The quantitative estimate of drug-likeness (QED) is 0.936. The Hall–Kier alpha value is -1.72. The third-order valence-electron chi connectivity index (χ3n) is 4.05. The van der Waals surface area contributed by atoms with Gasteiger partial charge in [-0.2, -0.15) is 4.98 Å². The van der Waals surface area contributed by atoms with Gasteiger partial charge in [-0.05, 0) is 19.4 Å². The highest BCUT2D eigenvalue weighted by Gasteiger charge is 2.22. The Morgan fingerprint density at radius 3 is 2.86 bits per heavy atom. The minimum atomic E-state index is 0.194. The normalized spacial score (nSPS) is 20.3. The standard InChI is InChI=1S/C16H21N3O2/c20-12-14-9-5-2-6-10-19(14)11-15-17-16(18-21-15)13-7-3-1-4-8-13/h1,3-4,7-8,14,20H,2,5-6,9-12H2. The van der Waals surface area contributed by atoms with E-state index in [2.05, 4.69) is 15.0 Å². The lowest BCUT2D eigenvalue weighted by Crippen LogP contribution is -2.37. The number of likely N-dealkylation sites (tertiary alicyclic amines) is 1. The predicted molar refractivity (Wildman–Crippen MR) is 79.5 cm³/mol. The van der Waals surface area contributed by atoms with E-state index in [1.807, 2.05) is 30.3 Å². The monoisotopic (exact) mass is 287 g/mol. The molecule has 0 spiro atoms. The SMILES string of the molecule is OCC1CCCCCN1Cc1nc(-c2ccccc2)no1. The number of hydrogen-bond donors (Lipinski definition) is 1. The molecule has 5 heteroatoms. The van der Waals surface area contributed by atoms with Crippen LogP contribution in [0.3, 0.4) is 0 Å². The van der Waals surface area contributed by atoms with E-state index in [0.717, 1.165) is 24.9 Å². The van der Waals surface area contributed by atoms with Gasteiger partial charge in [0.1, 0.15) is 0 Å². The van der Waals surface area contributed by atoms with Gasteiger partial charge in [-0.15, -0.1) is 0 Å². The topological polar surface area (TPSA) is 62.4 Å². The molecule has 1 aromatic heterocycles. The number of aromatic nitrogens is 2. The van der Waals surface area contributed by atoms with Crippen molar-refractivity contribution in [1.82, 2.24) is 15.0 Å². The molecule has 0 radical (unpaired) electrons. The van der Waals surface area contributed by atoms with Crippen LogP contribution in [-0.2, 0) is 6.54 Å². The molecule has 1 saturated heterocycles. The Labute approximate surface area is 124 Å². The first-order chi connectivity index (χ1) is 10.4. The number of aliphatic hydroxyl groups is 1. The second-order valence-corrected chi connectivity index (χ2v) is 5.53. The predicted octanol–water partition coefficient (Wildman–Crippen LogP) is 2.47. The summed E-state index contributed by atoms with van der Waals surface area (Å²) in [6.07, 6.45) is 4.61. The van der Waals surface area contributed by atoms with Crippen LogP contribution in [0.2, 0.25) is 0 Å². The van der Waals surface area contributed by atoms with Crippen LogP contribution < -0.4 is 0 Å². The number of benzene rings is 1. The fourth-order valence-corrected chi connectivity index (χ4v) is 2.85. The summed E-state index contributed by atoms with van der Waals surface area (Å²) in [4.78, 5) is 6.73. The van der Waals surface area contributed by atoms with E-state index >= 15 is 0 Å². The lowest BCUT2D eigenvalue weighted by atomic mass is 10.1. The van der Waals surface area contributed by atoms with Crippen molar-refractivity contribution in [1.29, 1.82) is 0 Å². The zero-order valence-corrected chi connectivity index (χ0v) is 12.1. The molecule has 0 bridgehead atoms. The summed E-state index contributed by atoms with van der Waals surface area (Å²) in [5.41, 5.74) is 0.960.